The lowest BCUT2D eigenvalue weighted by Gasteiger charge is -2.12. The highest BCUT2D eigenvalue weighted by molar-refractivity contribution is 6.30. The average Bonchev–Trinajstić information content (AvgIpc) is 2.63. The molecule has 1 N–H and O–H groups in total. The third-order valence-corrected chi connectivity index (χ3v) is 3.89. The number of nitro groups is 1. The van der Waals surface area contributed by atoms with Crippen LogP contribution in [0.4, 0.5) is 5.69 Å². The standard InChI is InChI=1S/C18H19ClN2O5/c1-3-26-17-10-14(15(21(23)24)11-16(17)25-2)18(22)20-9-8-12-4-6-13(19)7-5-12/h4-7,10-11H,3,8-9H2,1-2H3,(H,20,22). The summed E-state index contributed by atoms with van der Waals surface area (Å²) in [6.45, 7) is 2.44. The molecule has 7 nitrogen and oxygen atoms in total. The van der Waals surface area contributed by atoms with Crippen molar-refractivity contribution < 1.29 is 19.2 Å². The van der Waals surface area contributed by atoms with E-state index in [1.807, 2.05) is 12.1 Å². The summed E-state index contributed by atoms with van der Waals surface area (Å²) in [6, 6.07) is 9.77. The highest BCUT2D eigenvalue weighted by Crippen LogP contribution is 2.34. The number of halogens is 1. The van der Waals surface area contributed by atoms with Gasteiger partial charge in [0.25, 0.3) is 11.6 Å². The highest BCUT2D eigenvalue weighted by Gasteiger charge is 2.24. The van der Waals surface area contributed by atoms with Crippen molar-refractivity contribution in [2.75, 3.05) is 20.3 Å². The second kappa shape index (κ2) is 9.05. The molecular formula is C18H19ClN2O5. The molecule has 2 rings (SSSR count). The van der Waals surface area contributed by atoms with Gasteiger partial charge in [-0.15, -0.1) is 0 Å². The Labute approximate surface area is 156 Å². The van der Waals surface area contributed by atoms with Crippen molar-refractivity contribution in [3.63, 3.8) is 0 Å². The summed E-state index contributed by atoms with van der Waals surface area (Å²) in [5.74, 6) is -0.0611. The first-order valence-corrected chi connectivity index (χ1v) is 8.36. The van der Waals surface area contributed by atoms with Crippen LogP contribution in [0, 0.1) is 10.1 Å². The lowest BCUT2D eigenvalue weighted by atomic mass is 10.1. The Morgan fingerprint density at radius 1 is 1.23 bits per heavy atom. The summed E-state index contributed by atoms with van der Waals surface area (Å²) in [7, 11) is 1.38. The molecule has 0 unspecified atom stereocenters. The van der Waals surface area contributed by atoms with E-state index >= 15 is 0 Å². The summed E-state index contributed by atoms with van der Waals surface area (Å²) in [5.41, 5.74) is 0.582. The molecule has 0 spiro atoms. The van der Waals surface area contributed by atoms with E-state index in [1.54, 1.807) is 19.1 Å². The Kier molecular flexibility index (Phi) is 6.80. The average molecular weight is 379 g/mol. The monoisotopic (exact) mass is 378 g/mol. The van der Waals surface area contributed by atoms with Crippen molar-refractivity contribution in [2.45, 2.75) is 13.3 Å². The number of methoxy groups -OCH3 is 1. The van der Waals surface area contributed by atoms with Crippen molar-refractivity contribution in [3.8, 4) is 11.5 Å². The zero-order chi connectivity index (χ0) is 19.1. The van der Waals surface area contributed by atoms with Crippen LogP contribution in [-0.2, 0) is 6.42 Å². The first-order valence-electron chi connectivity index (χ1n) is 7.98. The van der Waals surface area contributed by atoms with Gasteiger partial charge in [-0.25, -0.2) is 0 Å². The molecular weight excluding hydrogens is 360 g/mol. The van der Waals surface area contributed by atoms with Crippen molar-refractivity contribution in [2.24, 2.45) is 0 Å². The van der Waals surface area contributed by atoms with Crippen LogP contribution in [0.2, 0.25) is 5.02 Å². The number of carbonyl (C=O) groups is 1. The Hall–Kier alpha value is -2.80. The van der Waals surface area contributed by atoms with E-state index in [0.29, 0.717) is 24.6 Å². The van der Waals surface area contributed by atoms with Crippen LogP contribution in [0.15, 0.2) is 36.4 Å². The maximum Gasteiger partial charge on any atom is 0.286 e. The molecule has 2 aromatic rings. The number of hydrogen-bond acceptors (Lipinski definition) is 5. The summed E-state index contributed by atoms with van der Waals surface area (Å²) >= 11 is 5.83. The number of rotatable bonds is 8. The molecule has 0 aliphatic rings. The fourth-order valence-electron chi connectivity index (χ4n) is 2.38. The molecule has 26 heavy (non-hydrogen) atoms. The van der Waals surface area contributed by atoms with Crippen LogP contribution in [0.5, 0.6) is 11.5 Å². The van der Waals surface area contributed by atoms with Gasteiger partial charge in [-0.1, -0.05) is 23.7 Å². The van der Waals surface area contributed by atoms with E-state index in [9.17, 15) is 14.9 Å². The van der Waals surface area contributed by atoms with Crippen LogP contribution < -0.4 is 14.8 Å². The van der Waals surface area contributed by atoms with E-state index < -0.39 is 10.8 Å². The van der Waals surface area contributed by atoms with Gasteiger partial charge < -0.3 is 14.8 Å². The Morgan fingerprint density at radius 3 is 2.50 bits per heavy atom. The first-order chi connectivity index (χ1) is 12.5. The van der Waals surface area contributed by atoms with Crippen LogP contribution >= 0.6 is 11.6 Å². The van der Waals surface area contributed by atoms with E-state index in [2.05, 4.69) is 5.32 Å². The molecule has 0 radical (unpaired) electrons. The third kappa shape index (κ3) is 4.86. The maximum atomic E-state index is 12.4. The lowest BCUT2D eigenvalue weighted by molar-refractivity contribution is -0.385. The molecule has 2 aromatic carbocycles. The predicted molar refractivity (Wildman–Crippen MR) is 98.3 cm³/mol. The quantitative estimate of drug-likeness (QED) is 0.559. The molecule has 0 aliphatic heterocycles. The van der Waals surface area contributed by atoms with Crippen molar-refractivity contribution in [3.05, 3.63) is 62.7 Å². The van der Waals surface area contributed by atoms with Crippen molar-refractivity contribution >= 4 is 23.2 Å². The molecule has 8 heteroatoms. The van der Waals surface area contributed by atoms with Gasteiger partial charge in [0.2, 0.25) is 0 Å². The largest absolute Gasteiger partial charge is 0.493 e. The molecule has 0 heterocycles. The van der Waals surface area contributed by atoms with Gasteiger partial charge in [0.15, 0.2) is 11.5 Å². The topological polar surface area (TPSA) is 90.7 Å². The molecule has 0 aromatic heterocycles. The lowest BCUT2D eigenvalue weighted by Crippen LogP contribution is -2.26. The van der Waals surface area contributed by atoms with Gasteiger partial charge in [-0.05, 0) is 31.0 Å². The van der Waals surface area contributed by atoms with Crippen LogP contribution in [0.3, 0.4) is 0 Å². The third-order valence-electron chi connectivity index (χ3n) is 3.64. The number of nitrogens with one attached hydrogen (secondary N) is 1. The van der Waals surface area contributed by atoms with E-state index in [0.717, 1.165) is 5.56 Å². The SMILES string of the molecule is CCOc1cc(C(=O)NCCc2ccc(Cl)cc2)c([N+](=O)[O-])cc1OC. The van der Waals surface area contributed by atoms with Gasteiger partial charge in [0, 0.05) is 17.6 Å². The number of nitrogens with zero attached hydrogens (tertiary/aromatic N) is 1. The summed E-state index contributed by atoms with van der Waals surface area (Å²) < 4.78 is 10.5. The van der Waals surface area contributed by atoms with Gasteiger partial charge in [0.05, 0.1) is 24.7 Å². The minimum Gasteiger partial charge on any atom is -0.493 e. The number of nitro benzene ring substituents is 1. The summed E-state index contributed by atoms with van der Waals surface area (Å²) in [5, 5.41) is 14.6. The van der Waals surface area contributed by atoms with Crippen LogP contribution in [0.1, 0.15) is 22.8 Å². The normalized spacial score (nSPS) is 10.3. The fourth-order valence-corrected chi connectivity index (χ4v) is 2.50. The molecule has 0 bridgehead atoms. The fraction of sp³-hybridized carbons (Fsp3) is 0.278. The summed E-state index contributed by atoms with van der Waals surface area (Å²) in [6.07, 6.45) is 0.575. The van der Waals surface area contributed by atoms with Gasteiger partial charge in [-0.2, -0.15) is 0 Å². The minimum absolute atomic E-state index is 0.0737. The second-order valence-electron chi connectivity index (χ2n) is 5.34. The molecule has 0 aliphatic carbocycles. The number of benzene rings is 2. The number of carbonyl (C=O) groups excluding carboxylic acids is 1. The van der Waals surface area contributed by atoms with Gasteiger partial charge in [0.1, 0.15) is 5.56 Å². The van der Waals surface area contributed by atoms with Gasteiger partial charge >= 0.3 is 0 Å². The van der Waals surface area contributed by atoms with Gasteiger partial charge in [-0.3, -0.25) is 14.9 Å². The zero-order valence-corrected chi connectivity index (χ0v) is 15.2. The predicted octanol–water partition coefficient (Wildman–Crippen LogP) is 3.63. The number of hydrogen-bond donors (Lipinski definition) is 1. The molecule has 0 saturated heterocycles. The molecule has 0 fully saturated rings. The first kappa shape index (κ1) is 19.5. The van der Waals surface area contributed by atoms with E-state index in [-0.39, 0.29) is 22.7 Å². The number of amides is 1. The molecule has 138 valence electrons. The number of ether oxygens (including phenoxy) is 2. The Morgan fingerprint density at radius 2 is 1.92 bits per heavy atom. The van der Waals surface area contributed by atoms with Crippen LogP contribution in [0.25, 0.3) is 0 Å². The smallest absolute Gasteiger partial charge is 0.286 e. The zero-order valence-electron chi connectivity index (χ0n) is 14.5. The Bertz CT molecular complexity index is 793. The summed E-state index contributed by atoms with van der Waals surface area (Å²) in [4.78, 5) is 23.1. The Balaban J connectivity index is 2.16. The molecule has 0 saturated carbocycles. The maximum absolute atomic E-state index is 12.4. The van der Waals surface area contributed by atoms with E-state index in [1.165, 1.54) is 19.2 Å². The van der Waals surface area contributed by atoms with Crippen molar-refractivity contribution in [1.82, 2.24) is 5.32 Å². The molecule has 1 amide bonds. The second-order valence-corrected chi connectivity index (χ2v) is 5.78. The minimum atomic E-state index is -0.619. The van der Waals surface area contributed by atoms with Crippen LogP contribution in [-0.4, -0.2) is 31.1 Å². The van der Waals surface area contributed by atoms with Crippen molar-refractivity contribution in [1.29, 1.82) is 0 Å². The highest BCUT2D eigenvalue weighted by atomic mass is 35.5. The molecule has 0 atom stereocenters. The van der Waals surface area contributed by atoms with E-state index in [4.69, 9.17) is 21.1 Å².